The lowest BCUT2D eigenvalue weighted by Gasteiger charge is -2.34. The van der Waals surface area contributed by atoms with Crippen molar-refractivity contribution in [3.05, 3.63) is 41.2 Å². The van der Waals surface area contributed by atoms with Gasteiger partial charge in [-0.2, -0.15) is 0 Å². The van der Waals surface area contributed by atoms with Gasteiger partial charge in [-0.15, -0.1) is 0 Å². The topological polar surface area (TPSA) is 87.7 Å². The maximum atomic E-state index is 12.6. The number of hydrogen-bond donors (Lipinski definition) is 1. The second kappa shape index (κ2) is 8.22. The molecule has 1 fully saturated rings. The number of rotatable bonds is 4. The maximum absolute atomic E-state index is 12.6. The molecule has 142 valence electrons. The van der Waals surface area contributed by atoms with E-state index in [0.29, 0.717) is 54.2 Å². The first kappa shape index (κ1) is 18.9. The van der Waals surface area contributed by atoms with Crippen molar-refractivity contribution in [2.75, 3.05) is 38.6 Å². The van der Waals surface area contributed by atoms with E-state index in [9.17, 15) is 9.59 Å². The molecule has 2 aromatic rings. The molecule has 1 saturated heterocycles. The molecule has 1 aromatic heterocycles. The molecule has 27 heavy (non-hydrogen) atoms. The molecule has 0 radical (unpaired) electrons. The van der Waals surface area contributed by atoms with Gasteiger partial charge in [0, 0.05) is 50.5 Å². The monoisotopic (exact) mass is 389 g/mol. The van der Waals surface area contributed by atoms with Crippen LogP contribution in [0.25, 0.3) is 0 Å². The van der Waals surface area contributed by atoms with E-state index in [1.165, 1.54) is 19.3 Å². The van der Waals surface area contributed by atoms with Crippen LogP contribution in [0.1, 0.15) is 17.3 Å². The average molecular weight is 390 g/mol. The second-order valence-electron chi connectivity index (χ2n) is 6.06. The number of nitrogens with one attached hydrogen (secondary N) is 1. The molecule has 1 aliphatic heterocycles. The number of amides is 2. The van der Waals surface area contributed by atoms with Crippen LogP contribution in [0.15, 0.2) is 30.6 Å². The van der Waals surface area contributed by atoms with Crippen molar-refractivity contribution >= 4 is 35.1 Å². The summed E-state index contributed by atoms with van der Waals surface area (Å²) in [5.41, 5.74) is 1.03. The number of methoxy groups -OCH3 is 1. The van der Waals surface area contributed by atoms with Gasteiger partial charge in [0.1, 0.15) is 5.75 Å². The first-order chi connectivity index (χ1) is 13.0. The molecule has 1 N–H and O–H groups in total. The summed E-state index contributed by atoms with van der Waals surface area (Å²) in [6.45, 7) is 3.61. The van der Waals surface area contributed by atoms with Gasteiger partial charge in [0.25, 0.3) is 5.91 Å². The molecule has 2 heterocycles. The highest BCUT2D eigenvalue weighted by Gasteiger charge is 2.23. The fourth-order valence-corrected chi connectivity index (χ4v) is 2.98. The standard InChI is InChI=1S/C18H20ClN5O3/c1-12(25)23-5-7-24(8-6-23)17(26)13-10-20-18(21-11-13)22-15-9-14(19)3-4-16(15)27-2/h3-4,9-11H,5-8H2,1-2H3,(H,20,21,22). The largest absolute Gasteiger partial charge is 0.495 e. The van der Waals surface area contributed by atoms with Crippen LogP contribution in [0.5, 0.6) is 5.75 Å². The van der Waals surface area contributed by atoms with Crippen LogP contribution in [0.2, 0.25) is 5.02 Å². The molecule has 0 aliphatic carbocycles. The van der Waals surface area contributed by atoms with E-state index in [1.54, 1.807) is 35.1 Å². The fraction of sp³-hybridized carbons (Fsp3) is 0.333. The smallest absolute Gasteiger partial charge is 0.257 e. The van der Waals surface area contributed by atoms with Crippen molar-refractivity contribution in [3.8, 4) is 5.75 Å². The highest BCUT2D eigenvalue weighted by atomic mass is 35.5. The van der Waals surface area contributed by atoms with Gasteiger partial charge in [-0.3, -0.25) is 9.59 Å². The number of benzene rings is 1. The first-order valence-electron chi connectivity index (χ1n) is 8.45. The van der Waals surface area contributed by atoms with Crippen LogP contribution in [-0.2, 0) is 4.79 Å². The Kier molecular flexibility index (Phi) is 5.75. The minimum atomic E-state index is -0.148. The summed E-state index contributed by atoms with van der Waals surface area (Å²) in [6, 6.07) is 5.17. The van der Waals surface area contributed by atoms with E-state index in [2.05, 4.69) is 15.3 Å². The minimum absolute atomic E-state index is 0.0253. The van der Waals surface area contributed by atoms with Crippen LogP contribution >= 0.6 is 11.6 Å². The Hall–Kier alpha value is -2.87. The third-order valence-corrected chi connectivity index (χ3v) is 4.55. The van der Waals surface area contributed by atoms with Gasteiger partial charge >= 0.3 is 0 Å². The van der Waals surface area contributed by atoms with Gasteiger partial charge in [-0.05, 0) is 18.2 Å². The third-order valence-electron chi connectivity index (χ3n) is 4.32. The number of hydrogen-bond acceptors (Lipinski definition) is 6. The van der Waals surface area contributed by atoms with E-state index in [4.69, 9.17) is 16.3 Å². The highest BCUT2D eigenvalue weighted by molar-refractivity contribution is 6.31. The lowest BCUT2D eigenvalue weighted by atomic mass is 10.2. The van der Waals surface area contributed by atoms with Crippen molar-refractivity contribution in [3.63, 3.8) is 0 Å². The summed E-state index contributed by atoms with van der Waals surface area (Å²) >= 11 is 6.01. The molecular weight excluding hydrogens is 370 g/mol. The Morgan fingerprint density at radius 1 is 1.11 bits per heavy atom. The normalized spacial score (nSPS) is 14.0. The number of anilines is 2. The molecule has 1 aliphatic rings. The molecule has 2 amide bonds. The van der Waals surface area contributed by atoms with Gasteiger partial charge in [0.15, 0.2) is 0 Å². The van der Waals surface area contributed by atoms with Crippen LogP contribution in [0, 0.1) is 0 Å². The Labute approximate surface area is 162 Å². The van der Waals surface area contributed by atoms with Crippen LogP contribution in [0.3, 0.4) is 0 Å². The van der Waals surface area contributed by atoms with E-state index in [-0.39, 0.29) is 11.8 Å². The molecule has 0 saturated carbocycles. The fourth-order valence-electron chi connectivity index (χ4n) is 2.81. The molecule has 0 unspecified atom stereocenters. The predicted molar refractivity (Wildman–Crippen MR) is 101 cm³/mol. The number of carbonyl (C=O) groups is 2. The molecule has 3 rings (SSSR count). The van der Waals surface area contributed by atoms with Crippen LogP contribution in [-0.4, -0.2) is 64.9 Å². The quantitative estimate of drug-likeness (QED) is 0.862. The predicted octanol–water partition coefficient (Wildman–Crippen LogP) is 2.19. The maximum Gasteiger partial charge on any atom is 0.257 e. The molecule has 9 heteroatoms. The molecule has 0 atom stereocenters. The first-order valence-corrected chi connectivity index (χ1v) is 8.83. The van der Waals surface area contributed by atoms with Gasteiger partial charge in [0.2, 0.25) is 11.9 Å². The molecular formula is C18H20ClN5O3. The summed E-state index contributed by atoms with van der Waals surface area (Å²) in [5.74, 6) is 0.808. The van der Waals surface area contributed by atoms with E-state index < -0.39 is 0 Å². The second-order valence-corrected chi connectivity index (χ2v) is 6.50. The minimum Gasteiger partial charge on any atom is -0.495 e. The lowest BCUT2D eigenvalue weighted by molar-refractivity contribution is -0.130. The van der Waals surface area contributed by atoms with Gasteiger partial charge in [-0.1, -0.05) is 11.6 Å². The van der Waals surface area contributed by atoms with E-state index >= 15 is 0 Å². The zero-order valence-electron chi connectivity index (χ0n) is 15.1. The van der Waals surface area contributed by atoms with Crippen LogP contribution < -0.4 is 10.1 Å². The van der Waals surface area contributed by atoms with Crippen LogP contribution in [0.4, 0.5) is 11.6 Å². The average Bonchev–Trinajstić information content (AvgIpc) is 2.68. The molecule has 1 aromatic carbocycles. The number of halogens is 1. The summed E-state index contributed by atoms with van der Waals surface area (Å²) in [7, 11) is 1.56. The Morgan fingerprint density at radius 2 is 1.74 bits per heavy atom. The Balaban J connectivity index is 1.66. The van der Waals surface area contributed by atoms with Gasteiger partial charge in [-0.25, -0.2) is 9.97 Å². The highest BCUT2D eigenvalue weighted by Crippen LogP contribution is 2.29. The van der Waals surface area contributed by atoms with Crippen molar-refractivity contribution in [2.45, 2.75) is 6.92 Å². The van der Waals surface area contributed by atoms with Gasteiger partial charge < -0.3 is 19.9 Å². The molecule has 0 bridgehead atoms. The number of piperazine rings is 1. The number of nitrogens with zero attached hydrogens (tertiary/aromatic N) is 4. The third kappa shape index (κ3) is 4.46. The van der Waals surface area contributed by atoms with Crippen molar-refractivity contribution in [1.29, 1.82) is 0 Å². The number of carbonyl (C=O) groups excluding carboxylic acids is 2. The summed E-state index contributed by atoms with van der Waals surface area (Å²) in [6.07, 6.45) is 2.96. The van der Waals surface area contributed by atoms with Crippen molar-refractivity contribution in [2.24, 2.45) is 0 Å². The number of ether oxygens (including phenoxy) is 1. The Morgan fingerprint density at radius 3 is 2.33 bits per heavy atom. The number of aromatic nitrogens is 2. The SMILES string of the molecule is COc1ccc(Cl)cc1Nc1ncc(C(=O)N2CCN(C(C)=O)CC2)cn1. The summed E-state index contributed by atoms with van der Waals surface area (Å²) in [4.78, 5) is 35.8. The Bertz CT molecular complexity index is 835. The van der Waals surface area contributed by atoms with E-state index in [0.717, 1.165) is 0 Å². The van der Waals surface area contributed by atoms with Crippen molar-refractivity contribution in [1.82, 2.24) is 19.8 Å². The summed E-state index contributed by atoms with van der Waals surface area (Å²) < 4.78 is 5.27. The summed E-state index contributed by atoms with van der Waals surface area (Å²) in [5, 5.41) is 3.58. The van der Waals surface area contributed by atoms with Crippen molar-refractivity contribution < 1.29 is 14.3 Å². The van der Waals surface area contributed by atoms with Gasteiger partial charge in [0.05, 0.1) is 18.4 Å². The molecule has 0 spiro atoms. The zero-order chi connectivity index (χ0) is 19.4. The zero-order valence-corrected chi connectivity index (χ0v) is 15.9. The van der Waals surface area contributed by atoms with E-state index in [1.807, 2.05) is 0 Å². The molecule has 8 nitrogen and oxygen atoms in total. The lowest BCUT2D eigenvalue weighted by Crippen LogP contribution is -2.50.